The van der Waals surface area contributed by atoms with Crippen molar-refractivity contribution in [1.29, 1.82) is 0 Å². The van der Waals surface area contributed by atoms with E-state index in [0.717, 1.165) is 5.69 Å². The summed E-state index contributed by atoms with van der Waals surface area (Å²) < 4.78 is 38.0. The molecule has 0 N–H and O–H groups in total. The lowest BCUT2D eigenvalue weighted by molar-refractivity contribution is -0.175. The maximum atomic E-state index is 12.7. The molecule has 0 amide bonds. The van der Waals surface area contributed by atoms with Crippen LogP contribution in [0, 0.1) is 5.92 Å². The number of hydrogen-bond donors (Lipinski definition) is 0. The van der Waals surface area contributed by atoms with Gasteiger partial charge in [-0.15, -0.1) is 11.3 Å². The van der Waals surface area contributed by atoms with E-state index in [2.05, 4.69) is 20.9 Å². The third kappa shape index (κ3) is 3.13. The summed E-state index contributed by atoms with van der Waals surface area (Å²) in [6, 6.07) is 0. The molecule has 0 saturated carbocycles. The number of anilines is 1. The predicted molar refractivity (Wildman–Crippen MR) is 65.7 cm³/mol. The highest BCUT2D eigenvalue weighted by Crippen LogP contribution is 2.35. The Labute approximate surface area is 110 Å². The van der Waals surface area contributed by atoms with Crippen LogP contribution in [0.1, 0.15) is 18.5 Å². The first-order valence-electron chi connectivity index (χ1n) is 5.32. The third-order valence-electron chi connectivity index (χ3n) is 2.83. The summed E-state index contributed by atoms with van der Waals surface area (Å²) in [4.78, 5) is 6.05. The molecule has 1 saturated heterocycles. The van der Waals surface area contributed by atoms with Gasteiger partial charge in [-0.05, 0) is 12.8 Å². The second-order valence-corrected chi connectivity index (χ2v) is 5.48. The smallest absolute Gasteiger partial charge is 0.347 e. The molecule has 2 nitrogen and oxygen atoms in total. The molecule has 0 bridgehead atoms. The van der Waals surface area contributed by atoms with Crippen LogP contribution >= 0.6 is 27.3 Å². The average Bonchev–Trinajstić information content (AvgIpc) is 2.76. The van der Waals surface area contributed by atoms with Crippen molar-refractivity contribution < 1.29 is 13.2 Å². The Hall–Kier alpha value is -0.300. The second kappa shape index (κ2) is 5.14. The van der Waals surface area contributed by atoms with Gasteiger partial charge in [0.15, 0.2) is 5.13 Å². The lowest BCUT2D eigenvalue weighted by atomic mass is 9.98. The van der Waals surface area contributed by atoms with Gasteiger partial charge in [0.2, 0.25) is 0 Å². The van der Waals surface area contributed by atoms with Crippen LogP contribution in [0.5, 0.6) is 0 Å². The van der Waals surface area contributed by atoms with E-state index < -0.39 is 12.1 Å². The lowest BCUT2D eigenvalue weighted by Gasteiger charge is -2.33. The van der Waals surface area contributed by atoms with Crippen molar-refractivity contribution >= 4 is 32.4 Å². The van der Waals surface area contributed by atoms with Crippen LogP contribution in [0.15, 0.2) is 5.38 Å². The van der Waals surface area contributed by atoms with E-state index in [1.54, 1.807) is 4.90 Å². The van der Waals surface area contributed by atoms with Gasteiger partial charge >= 0.3 is 6.18 Å². The van der Waals surface area contributed by atoms with Gasteiger partial charge in [-0.3, -0.25) is 0 Å². The number of rotatable bonds is 2. The van der Waals surface area contributed by atoms with Crippen LogP contribution in [0.25, 0.3) is 0 Å². The fourth-order valence-electron chi connectivity index (χ4n) is 1.92. The van der Waals surface area contributed by atoms with Gasteiger partial charge in [0.1, 0.15) is 0 Å². The van der Waals surface area contributed by atoms with Crippen molar-refractivity contribution in [1.82, 2.24) is 4.98 Å². The van der Waals surface area contributed by atoms with Crippen LogP contribution in [-0.2, 0) is 5.33 Å². The molecule has 1 atom stereocenters. The Bertz CT molecular complexity index is 380. The monoisotopic (exact) mass is 328 g/mol. The first-order chi connectivity index (χ1) is 8.00. The normalized spacial score (nSPS) is 21.9. The minimum absolute atomic E-state index is 0.0404. The molecule has 0 aliphatic carbocycles. The number of alkyl halides is 4. The number of thiazole rings is 1. The second-order valence-electron chi connectivity index (χ2n) is 4.08. The zero-order chi connectivity index (χ0) is 12.5. The molecule has 17 heavy (non-hydrogen) atoms. The Morgan fingerprint density at radius 3 is 2.88 bits per heavy atom. The number of aromatic nitrogens is 1. The van der Waals surface area contributed by atoms with Gasteiger partial charge < -0.3 is 4.90 Å². The maximum Gasteiger partial charge on any atom is 0.393 e. The summed E-state index contributed by atoms with van der Waals surface area (Å²) in [7, 11) is 0. The summed E-state index contributed by atoms with van der Waals surface area (Å²) in [5, 5.41) is 3.22. The van der Waals surface area contributed by atoms with Crippen molar-refractivity contribution in [2.24, 2.45) is 5.92 Å². The first kappa shape index (κ1) is 13.1. The van der Waals surface area contributed by atoms with Crippen LogP contribution in [0.2, 0.25) is 0 Å². The Balaban J connectivity index is 2.06. The van der Waals surface area contributed by atoms with Crippen molar-refractivity contribution in [3.05, 3.63) is 11.1 Å². The molecule has 0 radical (unpaired) electrons. The highest BCUT2D eigenvalue weighted by molar-refractivity contribution is 9.08. The molecule has 1 aromatic rings. The van der Waals surface area contributed by atoms with Gasteiger partial charge in [0, 0.05) is 23.8 Å². The molecule has 1 fully saturated rings. The SMILES string of the molecule is FC(F)(F)C1CCCN(c2nc(CBr)cs2)C1. The minimum atomic E-state index is -4.09. The minimum Gasteiger partial charge on any atom is -0.347 e. The molecule has 0 aromatic carbocycles. The molecule has 0 spiro atoms. The molecule has 1 unspecified atom stereocenters. The molecule has 96 valence electrons. The van der Waals surface area contributed by atoms with Gasteiger partial charge in [-0.1, -0.05) is 15.9 Å². The van der Waals surface area contributed by atoms with E-state index in [1.807, 2.05) is 5.38 Å². The molecular weight excluding hydrogens is 317 g/mol. The van der Waals surface area contributed by atoms with Crippen LogP contribution in [-0.4, -0.2) is 24.2 Å². The summed E-state index contributed by atoms with van der Waals surface area (Å²) in [5.41, 5.74) is 0.874. The van der Waals surface area contributed by atoms with E-state index in [4.69, 9.17) is 0 Å². The van der Waals surface area contributed by atoms with Crippen LogP contribution in [0.4, 0.5) is 18.3 Å². The Morgan fingerprint density at radius 2 is 2.29 bits per heavy atom. The summed E-state index contributed by atoms with van der Waals surface area (Å²) in [6.07, 6.45) is -3.28. The van der Waals surface area contributed by atoms with Gasteiger partial charge in [0.05, 0.1) is 11.6 Å². The van der Waals surface area contributed by atoms with E-state index >= 15 is 0 Å². The molecule has 7 heteroatoms. The number of hydrogen-bond acceptors (Lipinski definition) is 3. The maximum absolute atomic E-state index is 12.7. The van der Waals surface area contributed by atoms with Crippen molar-refractivity contribution in [2.45, 2.75) is 24.3 Å². The molecule has 1 aliphatic rings. The molecule has 1 aliphatic heterocycles. The summed E-state index contributed by atoms with van der Waals surface area (Å²) >= 11 is 4.69. The van der Waals surface area contributed by atoms with E-state index in [0.29, 0.717) is 23.4 Å². The topological polar surface area (TPSA) is 16.1 Å². The largest absolute Gasteiger partial charge is 0.393 e. The Morgan fingerprint density at radius 1 is 1.53 bits per heavy atom. The quantitative estimate of drug-likeness (QED) is 0.767. The predicted octanol–water partition coefficient (Wildman–Crippen LogP) is 3.82. The molecule has 1 aromatic heterocycles. The van der Waals surface area contributed by atoms with E-state index in [9.17, 15) is 13.2 Å². The van der Waals surface area contributed by atoms with Crippen molar-refractivity contribution in [3.63, 3.8) is 0 Å². The van der Waals surface area contributed by atoms with Crippen molar-refractivity contribution in [2.75, 3.05) is 18.0 Å². The van der Waals surface area contributed by atoms with Gasteiger partial charge in [0.25, 0.3) is 0 Å². The zero-order valence-corrected chi connectivity index (χ0v) is 11.4. The summed E-state index contributed by atoms with van der Waals surface area (Å²) in [5.74, 6) is -1.22. The number of piperidine rings is 1. The van der Waals surface area contributed by atoms with Crippen LogP contribution in [0.3, 0.4) is 0 Å². The first-order valence-corrected chi connectivity index (χ1v) is 7.33. The van der Waals surface area contributed by atoms with Gasteiger partial charge in [-0.25, -0.2) is 4.98 Å². The molecule has 2 rings (SSSR count). The summed E-state index contributed by atoms with van der Waals surface area (Å²) in [6.45, 7) is 0.709. The standard InChI is InChI=1S/C10H12BrF3N2S/c11-4-8-6-17-9(15-8)16-3-1-2-7(5-16)10(12,13)14/h6-7H,1-5H2. The number of halogens is 4. The zero-order valence-electron chi connectivity index (χ0n) is 9.00. The van der Waals surface area contributed by atoms with Gasteiger partial charge in [-0.2, -0.15) is 13.2 Å². The fourth-order valence-corrected chi connectivity index (χ4v) is 3.28. The van der Waals surface area contributed by atoms with Crippen LogP contribution < -0.4 is 4.90 Å². The fraction of sp³-hybridized carbons (Fsp3) is 0.700. The number of nitrogens with zero attached hydrogens (tertiary/aromatic N) is 2. The van der Waals surface area contributed by atoms with E-state index in [-0.39, 0.29) is 13.0 Å². The lowest BCUT2D eigenvalue weighted by Crippen LogP contribution is -2.41. The van der Waals surface area contributed by atoms with Crippen molar-refractivity contribution in [3.8, 4) is 0 Å². The molecular formula is C10H12BrF3N2S. The third-order valence-corrected chi connectivity index (χ3v) is 4.36. The highest BCUT2D eigenvalue weighted by Gasteiger charge is 2.42. The highest BCUT2D eigenvalue weighted by atomic mass is 79.9. The Kier molecular flexibility index (Phi) is 3.97. The average molecular weight is 329 g/mol. The van der Waals surface area contributed by atoms with E-state index in [1.165, 1.54) is 11.3 Å². The molecule has 2 heterocycles.